The Balaban J connectivity index is 2.01. The fraction of sp³-hybridized carbons (Fsp3) is 0.125. The van der Waals surface area contributed by atoms with Gasteiger partial charge in [0.05, 0.1) is 23.6 Å². The van der Waals surface area contributed by atoms with Crippen LogP contribution >= 0.6 is 15.9 Å². The Hall–Kier alpha value is -1.98. The number of halogens is 1. The molecular formula is C16H15BrN4. The zero-order chi connectivity index (χ0) is 14.8. The summed E-state index contributed by atoms with van der Waals surface area (Å²) in [6.07, 6.45) is 1.72. The lowest BCUT2D eigenvalue weighted by molar-refractivity contribution is 0.719. The fourth-order valence-corrected chi connectivity index (χ4v) is 2.50. The van der Waals surface area contributed by atoms with Crippen molar-refractivity contribution >= 4 is 15.9 Å². The molecule has 1 unspecified atom stereocenters. The van der Waals surface area contributed by atoms with Crippen molar-refractivity contribution in [2.75, 3.05) is 0 Å². The number of aryl methyl sites for hydroxylation is 1. The monoisotopic (exact) mass is 342 g/mol. The van der Waals surface area contributed by atoms with Crippen LogP contribution in [0.2, 0.25) is 0 Å². The molecule has 0 radical (unpaired) electrons. The highest BCUT2D eigenvalue weighted by atomic mass is 79.9. The molecular weight excluding hydrogens is 328 g/mol. The van der Waals surface area contributed by atoms with Crippen molar-refractivity contribution in [1.82, 2.24) is 15.0 Å². The lowest BCUT2D eigenvalue weighted by atomic mass is 10.0. The highest BCUT2D eigenvalue weighted by Gasteiger charge is 2.16. The van der Waals surface area contributed by atoms with Crippen molar-refractivity contribution in [2.45, 2.75) is 13.0 Å². The summed E-state index contributed by atoms with van der Waals surface area (Å²) in [5.74, 6) is 0. The minimum atomic E-state index is -0.271. The Labute approximate surface area is 131 Å². The average Bonchev–Trinajstić information content (AvgIpc) is 2.99. The predicted octanol–water partition coefficient (Wildman–Crippen LogP) is 3.39. The lowest BCUT2D eigenvalue weighted by Gasteiger charge is -2.14. The molecule has 0 amide bonds. The minimum Gasteiger partial charge on any atom is -0.319 e. The van der Waals surface area contributed by atoms with E-state index in [0.717, 1.165) is 27.0 Å². The fourth-order valence-electron chi connectivity index (χ4n) is 2.26. The largest absolute Gasteiger partial charge is 0.319 e. The maximum atomic E-state index is 6.40. The zero-order valence-corrected chi connectivity index (χ0v) is 13.2. The first kappa shape index (κ1) is 14.0. The van der Waals surface area contributed by atoms with Crippen molar-refractivity contribution in [3.8, 4) is 5.69 Å². The predicted molar refractivity (Wildman–Crippen MR) is 86.3 cm³/mol. The molecule has 0 spiro atoms. The van der Waals surface area contributed by atoms with Crippen LogP contribution in [0, 0.1) is 6.92 Å². The van der Waals surface area contributed by atoms with Crippen molar-refractivity contribution < 1.29 is 0 Å². The Bertz CT molecular complexity index is 752. The summed E-state index contributed by atoms with van der Waals surface area (Å²) >= 11 is 3.51. The summed E-state index contributed by atoms with van der Waals surface area (Å²) in [4.78, 5) is 0. The number of nitrogens with two attached hydrogens (primary N) is 1. The van der Waals surface area contributed by atoms with Gasteiger partial charge in [-0.15, -0.1) is 5.10 Å². The van der Waals surface area contributed by atoms with Crippen molar-refractivity contribution in [3.05, 3.63) is 76.0 Å². The number of benzene rings is 2. The number of aromatic nitrogens is 3. The van der Waals surface area contributed by atoms with E-state index in [2.05, 4.69) is 32.3 Å². The maximum Gasteiger partial charge on any atom is 0.0858 e. The molecule has 5 heteroatoms. The van der Waals surface area contributed by atoms with Gasteiger partial charge in [0, 0.05) is 4.47 Å². The molecule has 3 rings (SSSR count). The molecule has 0 saturated heterocycles. The van der Waals surface area contributed by atoms with Crippen LogP contribution in [0.1, 0.15) is 22.9 Å². The van der Waals surface area contributed by atoms with Gasteiger partial charge >= 0.3 is 0 Å². The van der Waals surface area contributed by atoms with E-state index in [1.165, 1.54) is 0 Å². The summed E-state index contributed by atoms with van der Waals surface area (Å²) in [6.45, 7) is 2.05. The van der Waals surface area contributed by atoms with Gasteiger partial charge < -0.3 is 5.73 Å². The van der Waals surface area contributed by atoms with Crippen LogP contribution in [-0.4, -0.2) is 15.0 Å². The number of hydrogen-bond donors (Lipinski definition) is 1. The Morgan fingerprint density at radius 2 is 1.90 bits per heavy atom. The van der Waals surface area contributed by atoms with E-state index in [-0.39, 0.29) is 6.04 Å². The Kier molecular flexibility index (Phi) is 3.86. The topological polar surface area (TPSA) is 56.7 Å². The molecule has 21 heavy (non-hydrogen) atoms. The molecule has 0 fully saturated rings. The van der Waals surface area contributed by atoms with E-state index in [4.69, 9.17) is 5.73 Å². The molecule has 106 valence electrons. The Morgan fingerprint density at radius 3 is 2.62 bits per heavy atom. The minimum absolute atomic E-state index is 0.271. The molecule has 1 heterocycles. The molecule has 2 aromatic carbocycles. The molecule has 4 nitrogen and oxygen atoms in total. The van der Waals surface area contributed by atoms with Crippen LogP contribution in [0.5, 0.6) is 0 Å². The van der Waals surface area contributed by atoms with Gasteiger partial charge in [0.15, 0.2) is 0 Å². The maximum absolute atomic E-state index is 6.40. The summed E-state index contributed by atoms with van der Waals surface area (Å²) in [7, 11) is 0. The van der Waals surface area contributed by atoms with Crippen LogP contribution < -0.4 is 5.73 Å². The lowest BCUT2D eigenvalue weighted by Crippen LogP contribution is -2.16. The first-order valence-corrected chi connectivity index (χ1v) is 7.44. The van der Waals surface area contributed by atoms with Gasteiger partial charge in [-0.05, 0) is 36.2 Å². The second-order valence-corrected chi connectivity index (χ2v) is 5.75. The van der Waals surface area contributed by atoms with Gasteiger partial charge in [-0.1, -0.05) is 51.5 Å². The van der Waals surface area contributed by atoms with Gasteiger partial charge in [0.25, 0.3) is 0 Å². The molecule has 1 aromatic heterocycles. The third kappa shape index (κ3) is 2.75. The summed E-state index contributed by atoms with van der Waals surface area (Å²) in [6, 6.07) is 15.7. The standard InChI is InChI=1S/C16H15BrN4/c1-11-9-12(7-8-14(11)17)16(18)15-10-19-20-21(15)13-5-3-2-4-6-13/h2-10,16H,18H2,1H3. The van der Waals surface area contributed by atoms with Gasteiger partial charge in [0.2, 0.25) is 0 Å². The molecule has 0 aliphatic rings. The quantitative estimate of drug-likeness (QED) is 0.793. The highest BCUT2D eigenvalue weighted by molar-refractivity contribution is 9.10. The SMILES string of the molecule is Cc1cc(C(N)c2cnnn2-c2ccccc2)ccc1Br. The van der Waals surface area contributed by atoms with Crippen LogP contribution in [0.3, 0.4) is 0 Å². The molecule has 0 bridgehead atoms. The molecule has 1 atom stereocenters. The second-order valence-electron chi connectivity index (χ2n) is 4.89. The van der Waals surface area contributed by atoms with E-state index in [1.54, 1.807) is 10.9 Å². The third-order valence-corrected chi connectivity index (χ3v) is 4.33. The summed E-state index contributed by atoms with van der Waals surface area (Å²) in [5, 5.41) is 8.16. The molecule has 0 saturated carbocycles. The van der Waals surface area contributed by atoms with E-state index >= 15 is 0 Å². The molecule has 0 aliphatic heterocycles. The van der Waals surface area contributed by atoms with Gasteiger partial charge in [-0.2, -0.15) is 0 Å². The number of hydrogen-bond acceptors (Lipinski definition) is 3. The Morgan fingerprint density at radius 1 is 1.14 bits per heavy atom. The van der Waals surface area contributed by atoms with E-state index < -0.39 is 0 Å². The normalized spacial score (nSPS) is 12.3. The first-order valence-electron chi connectivity index (χ1n) is 6.64. The van der Waals surface area contributed by atoms with E-state index in [0.29, 0.717) is 0 Å². The van der Waals surface area contributed by atoms with Gasteiger partial charge in [0.1, 0.15) is 0 Å². The smallest absolute Gasteiger partial charge is 0.0858 e. The second kappa shape index (κ2) is 5.79. The van der Waals surface area contributed by atoms with Crippen molar-refractivity contribution in [1.29, 1.82) is 0 Å². The molecule has 0 aliphatic carbocycles. The number of nitrogens with zero attached hydrogens (tertiary/aromatic N) is 3. The summed E-state index contributed by atoms with van der Waals surface area (Å²) in [5.41, 5.74) is 10.4. The van der Waals surface area contributed by atoms with Crippen molar-refractivity contribution in [2.24, 2.45) is 5.73 Å². The molecule has 3 aromatic rings. The number of rotatable bonds is 3. The van der Waals surface area contributed by atoms with Crippen LogP contribution in [0.25, 0.3) is 5.69 Å². The number of para-hydroxylation sites is 1. The van der Waals surface area contributed by atoms with Crippen LogP contribution in [0.4, 0.5) is 0 Å². The van der Waals surface area contributed by atoms with Crippen LogP contribution in [0.15, 0.2) is 59.2 Å². The molecule has 2 N–H and O–H groups in total. The summed E-state index contributed by atoms with van der Waals surface area (Å²) < 4.78 is 2.86. The van der Waals surface area contributed by atoms with Gasteiger partial charge in [-0.25, -0.2) is 4.68 Å². The van der Waals surface area contributed by atoms with E-state index in [1.807, 2.05) is 49.4 Å². The van der Waals surface area contributed by atoms with Crippen molar-refractivity contribution in [3.63, 3.8) is 0 Å². The van der Waals surface area contributed by atoms with E-state index in [9.17, 15) is 0 Å². The highest BCUT2D eigenvalue weighted by Crippen LogP contribution is 2.25. The average molecular weight is 343 g/mol. The zero-order valence-electron chi connectivity index (χ0n) is 11.6. The van der Waals surface area contributed by atoms with Gasteiger partial charge in [-0.3, -0.25) is 0 Å². The third-order valence-electron chi connectivity index (χ3n) is 3.44. The first-order chi connectivity index (χ1) is 10.2. The van der Waals surface area contributed by atoms with Crippen LogP contribution in [-0.2, 0) is 0 Å².